The summed E-state index contributed by atoms with van der Waals surface area (Å²) in [6.07, 6.45) is 1.14. The fourth-order valence-electron chi connectivity index (χ4n) is 1.14. The van der Waals surface area contributed by atoms with E-state index >= 15 is 0 Å². The Labute approximate surface area is 90.5 Å². The molecule has 0 saturated carbocycles. The summed E-state index contributed by atoms with van der Waals surface area (Å²) in [5, 5.41) is 16.9. The molecule has 0 saturated heterocycles. The van der Waals surface area contributed by atoms with Crippen molar-refractivity contribution in [1.82, 2.24) is 20.1 Å². The van der Waals surface area contributed by atoms with Gasteiger partial charge in [0.05, 0.1) is 12.6 Å². The van der Waals surface area contributed by atoms with Crippen molar-refractivity contribution < 1.29 is 5.11 Å². The first-order valence-electron chi connectivity index (χ1n) is 5.27. The smallest absolute Gasteiger partial charge is 0.140 e. The normalized spacial score (nSPS) is 14.2. The van der Waals surface area contributed by atoms with E-state index in [2.05, 4.69) is 15.4 Å². The monoisotopic (exact) mass is 212 g/mol. The van der Waals surface area contributed by atoms with Gasteiger partial charge in [-0.2, -0.15) is 5.10 Å². The number of aromatic nitrogens is 3. The highest BCUT2D eigenvalue weighted by atomic mass is 16.3. The Bertz CT molecular complexity index is 306. The van der Waals surface area contributed by atoms with Gasteiger partial charge in [0.15, 0.2) is 0 Å². The number of hydrogen-bond acceptors (Lipinski definition) is 4. The van der Waals surface area contributed by atoms with Crippen molar-refractivity contribution in [2.24, 2.45) is 0 Å². The van der Waals surface area contributed by atoms with Crippen LogP contribution in [0.3, 0.4) is 0 Å². The van der Waals surface area contributed by atoms with E-state index in [1.54, 1.807) is 13.3 Å². The first-order valence-corrected chi connectivity index (χ1v) is 5.27. The quantitative estimate of drug-likeness (QED) is 0.748. The van der Waals surface area contributed by atoms with Crippen LogP contribution in [0.5, 0.6) is 0 Å². The standard InChI is InChI=1S/C10H20N4O/c1-5-14-9(11-7-13-14)6-12-10(3,4)8(2)15/h7-8,12,15H,5-6H2,1-4H3. The number of rotatable bonds is 5. The molecule has 86 valence electrons. The summed E-state index contributed by atoms with van der Waals surface area (Å²) in [6.45, 7) is 9.15. The van der Waals surface area contributed by atoms with Gasteiger partial charge in [-0.05, 0) is 27.7 Å². The van der Waals surface area contributed by atoms with E-state index in [0.717, 1.165) is 12.4 Å². The predicted octanol–water partition coefficient (Wildman–Crippen LogP) is 0.547. The molecule has 1 atom stereocenters. The number of hydrogen-bond donors (Lipinski definition) is 2. The second kappa shape index (κ2) is 4.72. The highest BCUT2D eigenvalue weighted by molar-refractivity contribution is 4.89. The number of aryl methyl sites for hydroxylation is 1. The van der Waals surface area contributed by atoms with Crippen LogP contribution in [0.15, 0.2) is 6.33 Å². The van der Waals surface area contributed by atoms with Crippen LogP contribution in [0.2, 0.25) is 0 Å². The Morgan fingerprint density at radius 1 is 1.60 bits per heavy atom. The van der Waals surface area contributed by atoms with Crippen molar-refractivity contribution >= 4 is 0 Å². The minimum Gasteiger partial charge on any atom is -0.392 e. The molecule has 0 aliphatic carbocycles. The van der Waals surface area contributed by atoms with Gasteiger partial charge in [-0.25, -0.2) is 9.67 Å². The SMILES string of the molecule is CCn1ncnc1CNC(C)(C)C(C)O. The summed E-state index contributed by atoms with van der Waals surface area (Å²) in [6, 6.07) is 0. The fourth-order valence-corrected chi connectivity index (χ4v) is 1.14. The van der Waals surface area contributed by atoms with Gasteiger partial charge in [0, 0.05) is 12.1 Å². The highest BCUT2D eigenvalue weighted by Crippen LogP contribution is 2.09. The third-order valence-electron chi connectivity index (χ3n) is 2.74. The van der Waals surface area contributed by atoms with Gasteiger partial charge < -0.3 is 10.4 Å². The summed E-state index contributed by atoms with van der Waals surface area (Å²) in [5.41, 5.74) is -0.315. The third-order valence-corrected chi connectivity index (χ3v) is 2.74. The number of nitrogens with zero attached hydrogens (tertiary/aromatic N) is 3. The number of aliphatic hydroxyl groups excluding tert-OH is 1. The molecule has 5 nitrogen and oxygen atoms in total. The summed E-state index contributed by atoms with van der Waals surface area (Å²) in [5.74, 6) is 0.895. The minimum absolute atomic E-state index is 0.315. The molecule has 1 aromatic rings. The molecule has 0 aromatic carbocycles. The molecule has 1 heterocycles. The molecule has 0 aliphatic heterocycles. The van der Waals surface area contributed by atoms with Gasteiger partial charge >= 0.3 is 0 Å². The van der Waals surface area contributed by atoms with Gasteiger partial charge in [-0.1, -0.05) is 0 Å². The summed E-state index contributed by atoms with van der Waals surface area (Å²) in [4.78, 5) is 4.16. The Balaban J connectivity index is 2.57. The van der Waals surface area contributed by atoms with E-state index in [1.165, 1.54) is 0 Å². The maximum absolute atomic E-state index is 9.53. The zero-order valence-electron chi connectivity index (χ0n) is 9.86. The molecule has 5 heteroatoms. The largest absolute Gasteiger partial charge is 0.392 e. The Kier molecular flexibility index (Phi) is 3.82. The first kappa shape index (κ1) is 12.1. The molecule has 0 spiro atoms. The summed E-state index contributed by atoms with van der Waals surface area (Å²) < 4.78 is 1.84. The maximum Gasteiger partial charge on any atom is 0.140 e. The second-order valence-corrected chi connectivity index (χ2v) is 4.24. The maximum atomic E-state index is 9.53. The predicted molar refractivity (Wildman–Crippen MR) is 58.3 cm³/mol. The van der Waals surface area contributed by atoms with Gasteiger partial charge in [0.2, 0.25) is 0 Å². The van der Waals surface area contributed by atoms with Crippen LogP contribution in [-0.4, -0.2) is 31.5 Å². The van der Waals surface area contributed by atoms with Gasteiger partial charge in [-0.3, -0.25) is 0 Å². The van der Waals surface area contributed by atoms with Crippen LogP contribution in [0, 0.1) is 0 Å². The lowest BCUT2D eigenvalue weighted by Crippen LogP contribution is -2.48. The minimum atomic E-state index is -0.407. The third kappa shape index (κ3) is 3.00. The van der Waals surface area contributed by atoms with Crippen LogP contribution < -0.4 is 5.32 Å². The van der Waals surface area contributed by atoms with E-state index in [-0.39, 0.29) is 5.54 Å². The van der Waals surface area contributed by atoms with E-state index in [4.69, 9.17) is 0 Å². The Morgan fingerprint density at radius 3 is 2.80 bits per heavy atom. The van der Waals surface area contributed by atoms with Crippen molar-refractivity contribution in [3.05, 3.63) is 12.2 Å². The molecule has 0 amide bonds. The van der Waals surface area contributed by atoms with Crippen LogP contribution in [0.1, 0.15) is 33.5 Å². The zero-order chi connectivity index (χ0) is 11.5. The lowest BCUT2D eigenvalue weighted by atomic mass is 9.99. The average Bonchev–Trinajstić information content (AvgIpc) is 2.61. The van der Waals surface area contributed by atoms with Crippen molar-refractivity contribution in [2.45, 2.75) is 52.4 Å². The van der Waals surface area contributed by atoms with Gasteiger partial charge in [0.1, 0.15) is 12.2 Å². The van der Waals surface area contributed by atoms with Gasteiger partial charge in [0.25, 0.3) is 0 Å². The molecule has 0 bridgehead atoms. The average molecular weight is 212 g/mol. The molecule has 0 radical (unpaired) electrons. The summed E-state index contributed by atoms with van der Waals surface area (Å²) in [7, 11) is 0. The van der Waals surface area contributed by atoms with E-state index in [9.17, 15) is 5.11 Å². The number of nitrogens with one attached hydrogen (secondary N) is 1. The van der Waals surface area contributed by atoms with Crippen LogP contribution in [0.4, 0.5) is 0 Å². The van der Waals surface area contributed by atoms with Gasteiger partial charge in [-0.15, -0.1) is 0 Å². The molecule has 1 aromatic heterocycles. The lowest BCUT2D eigenvalue weighted by molar-refractivity contribution is 0.0948. The lowest BCUT2D eigenvalue weighted by Gasteiger charge is -2.29. The molecule has 15 heavy (non-hydrogen) atoms. The summed E-state index contributed by atoms with van der Waals surface area (Å²) >= 11 is 0. The molecule has 0 aliphatic rings. The molecular weight excluding hydrogens is 192 g/mol. The first-order chi connectivity index (χ1) is 6.97. The number of aliphatic hydroxyl groups is 1. The van der Waals surface area contributed by atoms with Crippen molar-refractivity contribution in [1.29, 1.82) is 0 Å². The Hall–Kier alpha value is -0.940. The van der Waals surface area contributed by atoms with E-state index < -0.39 is 6.10 Å². The van der Waals surface area contributed by atoms with Crippen molar-refractivity contribution in [3.63, 3.8) is 0 Å². The van der Waals surface area contributed by atoms with Crippen molar-refractivity contribution in [3.8, 4) is 0 Å². The van der Waals surface area contributed by atoms with Crippen LogP contribution in [-0.2, 0) is 13.1 Å². The van der Waals surface area contributed by atoms with Crippen LogP contribution >= 0.6 is 0 Å². The van der Waals surface area contributed by atoms with Crippen molar-refractivity contribution in [2.75, 3.05) is 0 Å². The molecule has 1 rings (SSSR count). The second-order valence-electron chi connectivity index (χ2n) is 4.24. The fraction of sp³-hybridized carbons (Fsp3) is 0.800. The molecule has 2 N–H and O–H groups in total. The van der Waals surface area contributed by atoms with E-state index in [0.29, 0.717) is 6.54 Å². The molecule has 0 fully saturated rings. The van der Waals surface area contributed by atoms with E-state index in [1.807, 2.05) is 25.5 Å². The Morgan fingerprint density at radius 2 is 2.27 bits per heavy atom. The molecular formula is C10H20N4O. The topological polar surface area (TPSA) is 63.0 Å². The highest BCUT2D eigenvalue weighted by Gasteiger charge is 2.23. The zero-order valence-corrected chi connectivity index (χ0v) is 9.86. The van der Waals surface area contributed by atoms with Crippen LogP contribution in [0.25, 0.3) is 0 Å². The molecule has 1 unspecified atom stereocenters.